The van der Waals surface area contributed by atoms with E-state index in [1.165, 1.54) is 0 Å². The van der Waals surface area contributed by atoms with Crippen molar-refractivity contribution in [2.45, 2.75) is 37.5 Å². The van der Waals surface area contributed by atoms with Crippen LogP contribution in [0.5, 0.6) is 0 Å². The number of piperidine rings is 1. The van der Waals surface area contributed by atoms with Crippen molar-refractivity contribution in [3.05, 3.63) is 0 Å². The molecule has 6 heteroatoms. The van der Waals surface area contributed by atoms with Crippen molar-refractivity contribution in [1.29, 1.82) is 0 Å². The number of methoxy groups -OCH3 is 1. The second kappa shape index (κ2) is 5.01. The molecule has 3 aliphatic rings. The zero-order valence-electron chi connectivity index (χ0n) is 11.3. The first-order valence-electron chi connectivity index (χ1n) is 6.82. The number of hydrogen-bond donors (Lipinski definition) is 1. The predicted octanol–water partition coefficient (Wildman–Crippen LogP) is 0.409. The first kappa shape index (κ1) is 13.3. The monoisotopic (exact) mass is 271 g/mol. The van der Waals surface area contributed by atoms with Crippen LogP contribution < -0.4 is 5.32 Å². The molecule has 3 fully saturated rings. The molecule has 0 aromatic carbocycles. The zero-order chi connectivity index (χ0) is 13.3. The van der Waals surface area contributed by atoms with Crippen LogP contribution in [0.1, 0.15) is 25.7 Å². The van der Waals surface area contributed by atoms with E-state index in [1.54, 1.807) is 7.11 Å². The molecular formula is C13H21NO5. The molecule has 0 unspecified atom stereocenters. The Hall–Kier alpha value is -0.690. The Morgan fingerprint density at radius 2 is 2.16 bits per heavy atom. The van der Waals surface area contributed by atoms with Gasteiger partial charge in [0.05, 0.1) is 25.9 Å². The first-order valence-corrected chi connectivity index (χ1v) is 6.82. The molecule has 1 N–H and O–H groups in total. The highest BCUT2D eigenvalue weighted by atomic mass is 16.7. The van der Waals surface area contributed by atoms with Gasteiger partial charge in [0.2, 0.25) is 5.91 Å². The molecule has 19 heavy (non-hydrogen) atoms. The van der Waals surface area contributed by atoms with Gasteiger partial charge >= 0.3 is 0 Å². The van der Waals surface area contributed by atoms with E-state index in [1.807, 2.05) is 0 Å². The lowest BCUT2D eigenvalue weighted by Crippen LogP contribution is -2.63. The van der Waals surface area contributed by atoms with Crippen LogP contribution >= 0.6 is 0 Å². The fourth-order valence-electron chi connectivity index (χ4n) is 3.55. The van der Waals surface area contributed by atoms with Crippen LogP contribution in [-0.2, 0) is 23.7 Å². The largest absolute Gasteiger partial charge is 0.359 e. The minimum atomic E-state index is -0.596. The second-order valence-corrected chi connectivity index (χ2v) is 5.76. The summed E-state index contributed by atoms with van der Waals surface area (Å²) in [7, 11) is 1.60. The molecule has 2 bridgehead atoms. The fourth-order valence-corrected chi connectivity index (χ4v) is 3.55. The summed E-state index contributed by atoms with van der Waals surface area (Å²) in [6, 6.07) is -0.0591. The normalized spacial score (nSPS) is 36.5. The number of rotatable bonds is 4. The van der Waals surface area contributed by atoms with Crippen molar-refractivity contribution in [2.75, 3.05) is 33.7 Å². The summed E-state index contributed by atoms with van der Waals surface area (Å²) >= 11 is 0. The van der Waals surface area contributed by atoms with Crippen LogP contribution in [0.25, 0.3) is 0 Å². The standard InChI is InChI=1S/C13H21NO5/c1-16-9-17-8-12-2-3-13(18-4-5-19-13)10(6-12)14-11(15)7-12/h10H,2-9H2,1H3,(H,14,15)/t10-,12+/m0/s1. The highest BCUT2D eigenvalue weighted by Crippen LogP contribution is 2.49. The van der Waals surface area contributed by atoms with Gasteiger partial charge in [0, 0.05) is 25.4 Å². The lowest BCUT2D eigenvalue weighted by molar-refractivity contribution is -0.225. The summed E-state index contributed by atoms with van der Waals surface area (Å²) in [6.07, 6.45) is 3.07. The van der Waals surface area contributed by atoms with Gasteiger partial charge in [0.25, 0.3) is 0 Å². The van der Waals surface area contributed by atoms with Crippen molar-refractivity contribution in [2.24, 2.45) is 5.41 Å². The van der Waals surface area contributed by atoms with E-state index in [0.717, 1.165) is 19.3 Å². The van der Waals surface area contributed by atoms with Crippen molar-refractivity contribution < 1.29 is 23.7 Å². The average Bonchev–Trinajstić information content (AvgIpc) is 2.85. The van der Waals surface area contributed by atoms with Gasteiger partial charge in [-0.3, -0.25) is 4.79 Å². The van der Waals surface area contributed by atoms with Gasteiger partial charge < -0.3 is 24.3 Å². The van der Waals surface area contributed by atoms with E-state index in [0.29, 0.717) is 26.2 Å². The topological polar surface area (TPSA) is 66.0 Å². The van der Waals surface area contributed by atoms with Crippen LogP contribution in [0.15, 0.2) is 0 Å². The minimum Gasteiger partial charge on any atom is -0.359 e. The first-order chi connectivity index (χ1) is 9.18. The van der Waals surface area contributed by atoms with Crippen LogP contribution in [0.2, 0.25) is 0 Å². The molecule has 6 nitrogen and oxygen atoms in total. The molecule has 1 saturated carbocycles. The highest BCUT2D eigenvalue weighted by molar-refractivity contribution is 5.78. The quantitative estimate of drug-likeness (QED) is 0.592. The maximum absolute atomic E-state index is 11.9. The molecule has 2 heterocycles. The molecule has 2 aliphatic heterocycles. The zero-order valence-corrected chi connectivity index (χ0v) is 11.3. The van der Waals surface area contributed by atoms with E-state index >= 15 is 0 Å². The molecule has 1 aliphatic carbocycles. The molecule has 2 saturated heterocycles. The predicted molar refractivity (Wildman–Crippen MR) is 65.3 cm³/mol. The molecule has 0 aromatic rings. The number of hydrogen-bond acceptors (Lipinski definition) is 5. The number of nitrogens with one attached hydrogen (secondary N) is 1. The van der Waals surface area contributed by atoms with E-state index in [2.05, 4.69) is 5.32 Å². The molecule has 3 rings (SSSR count). The third-order valence-electron chi connectivity index (χ3n) is 4.43. The number of amides is 1. The van der Waals surface area contributed by atoms with Crippen LogP contribution in [0.3, 0.4) is 0 Å². The summed E-state index contributed by atoms with van der Waals surface area (Å²) in [6.45, 7) is 2.05. The van der Waals surface area contributed by atoms with Crippen molar-refractivity contribution in [3.8, 4) is 0 Å². The Morgan fingerprint density at radius 3 is 2.89 bits per heavy atom. The van der Waals surface area contributed by atoms with Crippen LogP contribution in [0.4, 0.5) is 0 Å². The Labute approximate surface area is 112 Å². The van der Waals surface area contributed by atoms with E-state index in [-0.39, 0.29) is 24.2 Å². The molecule has 108 valence electrons. The Morgan fingerprint density at radius 1 is 1.37 bits per heavy atom. The summed E-state index contributed by atoms with van der Waals surface area (Å²) in [4.78, 5) is 11.9. The SMILES string of the molecule is COCOC[C@]12CCC3(OCCO3)[C@H](C1)NC(=O)C2. The van der Waals surface area contributed by atoms with Crippen molar-refractivity contribution in [3.63, 3.8) is 0 Å². The van der Waals surface area contributed by atoms with E-state index < -0.39 is 5.79 Å². The molecule has 0 aromatic heterocycles. The molecule has 2 atom stereocenters. The van der Waals surface area contributed by atoms with Crippen LogP contribution in [-0.4, -0.2) is 51.5 Å². The number of carbonyl (C=O) groups is 1. The third kappa shape index (κ3) is 2.38. The second-order valence-electron chi connectivity index (χ2n) is 5.76. The Balaban J connectivity index is 1.72. The van der Waals surface area contributed by atoms with Crippen LogP contribution in [0, 0.1) is 5.41 Å². The van der Waals surface area contributed by atoms with Gasteiger partial charge in [0.1, 0.15) is 6.79 Å². The van der Waals surface area contributed by atoms with Crippen molar-refractivity contribution >= 4 is 5.91 Å². The maximum atomic E-state index is 11.9. The van der Waals surface area contributed by atoms with Gasteiger partial charge in [-0.05, 0) is 12.8 Å². The lowest BCUT2D eigenvalue weighted by Gasteiger charge is -2.51. The lowest BCUT2D eigenvalue weighted by atomic mass is 9.65. The highest BCUT2D eigenvalue weighted by Gasteiger charge is 2.56. The average molecular weight is 271 g/mol. The van der Waals surface area contributed by atoms with E-state index in [4.69, 9.17) is 18.9 Å². The molecular weight excluding hydrogens is 250 g/mol. The molecule has 1 amide bonds. The number of carbonyl (C=O) groups excluding carboxylic acids is 1. The van der Waals surface area contributed by atoms with E-state index in [9.17, 15) is 4.79 Å². The van der Waals surface area contributed by atoms with Gasteiger partial charge in [-0.1, -0.05) is 0 Å². The number of ether oxygens (including phenoxy) is 4. The third-order valence-corrected chi connectivity index (χ3v) is 4.43. The minimum absolute atomic E-state index is 0.0591. The summed E-state index contributed by atoms with van der Waals surface area (Å²) in [5.41, 5.74) is -0.0912. The maximum Gasteiger partial charge on any atom is 0.221 e. The van der Waals surface area contributed by atoms with Gasteiger partial charge in [-0.2, -0.15) is 0 Å². The summed E-state index contributed by atoms with van der Waals surface area (Å²) in [5, 5.41) is 3.02. The molecule has 0 radical (unpaired) electrons. The summed E-state index contributed by atoms with van der Waals surface area (Å²) in [5.74, 6) is -0.531. The Bertz CT molecular complexity index is 355. The molecule has 1 spiro atoms. The summed E-state index contributed by atoms with van der Waals surface area (Å²) < 4.78 is 22.0. The van der Waals surface area contributed by atoms with Gasteiger partial charge in [-0.15, -0.1) is 0 Å². The fraction of sp³-hybridized carbons (Fsp3) is 0.923. The van der Waals surface area contributed by atoms with Gasteiger partial charge in [-0.25, -0.2) is 0 Å². The Kier molecular flexibility index (Phi) is 3.51. The van der Waals surface area contributed by atoms with Crippen molar-refractivity contribution in [1.82, 2.24) is 5.32 Å². The smallest absolute Gasteiger partial charge is 0.221 e. The van der Waals surface area contributed by atoms with Gasteiger partial charge in [0.15, 0.2) is 5.79 Å². The number of fused-ring (bicyclic) bond motifs is 3.